The maximum atomic E-state index is 10.7. The minimum absolute atomic E-state index is 0.313. The van der Waals surface area contributed by atoms with Gasteiger partial charge in [0.15, 0.2) is 5.84 Å². The van der Waals surface area contributed by atoms with Crippen LogP contribution in [0.5, 0.6) is 0 Å². The molecule has 0 unspecified atom stereocenters. The average molecular weight is 173 g/mol. The number of nitrogens with two attached hydrogens (primary N) is 1. The lowest BCUT2D eigenvalue weighted by molar-refractivity contribution is -0.111. The van der Waals surface area contributed by atoms with Crippen molar-refractivity contribution in [1.82, 2.24) is 0 Å². The first-order valence-electron chi connectivity index (χ1n) is 3.78. The second kappa shape index (κ2) is 2.82. The van der Waals surface area contributed by atoms with Crippen LogP contribution in [0.4, 0.5) is 5.69 Å². The number of anilines is 1. The molecule has 0 bridgehead atoms. The van der Waals surface area contributed by atoms with Crippen LogP contribution < -0.4 is 5.73 Å². The molecule has 13 heavy (non-hydrogen) atoms. The van der Waals surface area contributed by atoms with E-state index in [1.165, 1.54) is 6.21 Å². The number of carbonyl (C=O) groups excluding carboxylic acids is 1. The Bertz CT molecular complexity index is 403. The van der Waals surface area contributed by atoms with Gasteiger partial charge in [-0.15, -0.1) is 0 Å². The van der Waals surface area contributed by atoms with Crippen molar-refractivity contribution in [3.8, 4) is 0 Å². The monoisotopic (exact) mass is 173 g/mol. The topological polar surface area (TPSA) is 67.8 Å². The van der Waals surface area contributed by atoms with Crippen molar-refractivity contribution in [2.75, 3.05) is 5.73 Å². The van der Waals surface area contributed by atoms with Gasteiger partial charge in [-0.3, -0.25) is 4.79 Å². The van der Waals surface area contributed by atoms with E-state index < -0.39 is 0 Å². The zero-order chi connectivity index (χ0) is 9.26. The largest absolute Gasteiger partial charge is 0.399 e. The van der Waals surface area contributed by atoms with Gasteiger partial charge in [0.05, 0.1) is 6.21 Å². The lowest BCUT2D eigenvalue weighted by Gasteiger charge is -1.96. The fourth-order valence-corrected chi connectivity index (χ4v) is 1.05. The second-order valence-electron chi connectivity index (χ2n) is 2.65. The zero-order valence-corrected chi connectivity index (χ0v) is 6.77. The summed E-state index contributed by atoms with van der Waals surface area (Å²) in [6, 6.07) is 7.06. The van der Waals surface area contributed by atoms with Crippen LogP contribution >= 0.6 is 0 Å². The van der Waals surface area contributed by atoms with Gasteiger partial charge >= 0.3 is 0 Å². The molecule has 2 N–H and O–H groups in total. The molecule has 1 aromatic rings. The van der Waals surface area contributed by atoms with E-state index >= 15 is 0 Å². The van der Waals surface area contributed by atoms with Gasteiger partial charge in [-0.25, -0.2) is 4.99 Å². The molecule has 1 aliphatic rings. The third-order valence-corrected chi connectivity index (χ3v) is 1.68. The fraction of sp³-hybridized carbons (Fsp3) is 0. The SMILES string of the molecule is Nc1ccc(C2=NC(=O)C=N2)cc1. The van der Waals surface area contributed by atoms with E-state index in [2.05, 4.69) is 9.98 Å². The Kier molecular flexibility index (Phi) is 1.66. The quantitative estimate of drug-likeness (QED) is 0.633. The number of hydrogen-bond donors (Lipinski definition) is 1. The number of amides is 1. The number of carbonyl (C=O) groups is 1. The van der Waals surface area contributed by atoms with Crippen molar-refractivity contribution in [3.05, 3.63) is 29.8 Å². The molecule has 1 heterocycles. The third-order valence-electron chi connectivity index (χ3n) is 1.68. The first-order valence-corrected chi connectivity index (χ1v) is 3.78. The Morgan fingerprint density at radius 2 is 1.85 bits per heavy atom. The summed E-state index contributed by atoms with van der Waals surface area (Å²) in [4.78, 5) is 18.3. The van der Waals surface area contributed by atoms with Crippen molar-refractivity contribution >= 4 is 23.6 Å². The highest BCUT2D eigenvalue weighted by atomic mass is 16.1. The summed E-state index contributed by atoms with van der Waals surface area (Å²) < 4.78 is 0. The van der Waals surface area contributed by atoms with Gasteiger partial charge in [-0.05, 0) is 24.3 Å². The van der Waals surface area contributed by atoms with Gasteiger partial charge in [0.2, 0.25) is 0 Å². The van der Waals surface area contributed by atoms with E-state index in [-0.39, 0.29) is 5.91 Å². The molecule has 0 aromatic heterocycles. The lowest BCUT2D eigenvalue weighted by Crippen LogP contribution is -1.94. The molecule has 1 amide bonds. The van der Waals surface area contributed by atoms with E-state index in [0.29, 0.717) is 11.5 Å². The Balaban J connectivity index is 2.37. The second-order valence-corrected chi connectivity index (χ2v) is 2.65. The highest BCUT2D eigenvalue weighted by Gasteiger charge is 2.09. The zero-order valence-electron chi connectivity index (χ0n) is 6.77. The van der Waals surface area contributed by atoms with Crippen molar-refractivity contribution in [1.29, 1.82) is 0 Å². The summed E-state index contributed by atoms with van der Waals surface area (Å²) in [7, 11) is 0. The number of rotatable bonds is 1. The van der Waals surface area contributed by atoms with Gasteiger partial charge in [-0.1, -0.05) is 0 Å². The molecule has 0 aliphatic carbocycles. The number of hydrogen-bond acceptors (Lipinski definition) is 3. The molecule has 0 saturated heterocycles. The molecular formula is C9H7N3O. The van der Waals surface area contributed by atoms with Gasteiger partial charge in [0.25, 0.3) is 5.91 Å². The van der Waals surface area contributed by atoms with E-state index in [1.54, 1.807) is 24.3 Å². The summed E-state index contributed by atoms with van der Waals surface area (Å²) in [6.45, 7) is 0. The molecule has 0 saturated carbocycles. The molecule has 0 atom stereocenters. The minimum Gasteiger partial charge on any atom is -0.399 e. The van der Waals surface area contributed by atoms with Crippen LogP contribution in [0.3, 0.4) is 0 Å². The van der Waals surface area contributed by atoms with E-state index in [4.69, 9.17) is 5.73 Å². The predicted molar refractivity (Wildman–Crippen MR) is 50.9 cm³/mol. The van der Waals surface area contributed by atoms with Crippen LogP contribution in [-0.2, 0) is 4.79 Å². The van der Waals surface area contributed by atoms with Crippen LogP contribution in [0.15, 0.2) is 34.3 Å². The number of amidine groups is 1. The van der Waals surface area contributed by atoms with Crippen molar-refractivity contribution in [2.45, 2.75) is 0 Å². The van der Waals surface area contributed by atoms with Gasteiger partial charge < -0.3 is 5.73 Å². The maximum absolute atomic E-state index is 10.7. The molecule has 1 aliphatic heterocycles. The number of nitrogens with zero attached hydrogens (tertiary/aromatic N) is 2. The molecule has 1 aromatic carbocycles. The number of aliphatic imine (C=N–C) groups is 2. The van der Waals surface area contributed by atoms with Crippen LogP contribution in [0.2, 0.25) is 0 Å². The molecule has 64 valence electrons. The molecule has 4 heteroatoms. The number of nitrogen functional groups attached to an aromatic ring is 1. The Morgan fingerprint density at radius 1 is 1.15 bits per heavy atom. The Hall–Kier alpha value is -1.97. The highest BCUT2D eigenvalue weighted by Crippen LogP contribution is 2.09. The molecule has 2 rings (SSSR count). The maximum Gasteiger partial charge on any atom is 0.290 e. The van der Waals surface area contributed by atoms with Gasteiger partial charge in [0, 0.05) is 11.3 Å². The summed E-state index contributed by atoms with van der Waals surface area (Å²) in [5.41, 5.74) is 6.99. The third kappa shape index (κ3) is 1.46. The Morgan fingerprint density at radius 3 is 2.38 bits per heavy atom. The van der Waals surface area contributed by atoms with E-state index in [1.807, 2.05) is 0 Å². The Labute approximate surface area is 74.8 Å². The van der Waals surface area contributed by atoms with Crippen LogP contribution in [0.25, 0.3) is 0 Å². The average Bonchev–Trinajstić information content (AvgIpc) is 2.53. The van der Waals surface area contributed by atoms with Crippen LogP contribution in [0.1, 0.15) is 5.56 Å². The van der Waals surface area contributed by atoms with E-state index in [9.17, 15) is 4.79 Å². The first-order chi connectivity index (χ1) is 6.25. The molecular weight excluding hydrogens is 166 g/mol. The lowest BCUT2D eigenvalue weighted by atomic mass is 10.2. The summed E-state index contributed by atoms with van der Waals surface area (Å²) >= 11 is 0. The standard InChI is InChI=1S/C9H7N3O/c10-7-3-1-6(2-4-7)9-11-5-8(13)12-9/h1-5H,10H2. The van der Waals surface area contributed by atoms with Gasteiger partial charge in [0.1, 0.15) is 0 Å². The van der Waals surface area contributed by atoms with Crippen LogP contribution in [0, 0.1) is 0 Å². The van der Waals surface area contributed by atoms with Crippen LogP contribution in [-0.4, -0.2) is 18.0 Å². The van der Waals surface area contributed by atoms with E-state index in [0.717, 1.165) is 5.56 Å². The van der Waals surface area contributed by atoms with Crippen molar-refractivity contribution < 1.29 is 4.79 Å². The fourth-order valence-electron chi connectivity index (χ4n) is 1.05. The molecule has 0 radical (unpaired) electrons. The molecule has 4 nitrogen and oxygen atoms in total. The molecule has 0 spiro atoms. The minimum atomic E-state index is -0.313. The highest BCUT2D eigenvalue weighted by molar-refractivity contribution is 6.36. The van der Waals surface area contributed by atoms with Crippen molar-refractivity contribution in [2.24, 2.45) is 9.98 Å². The summed E-state index contributed by atoms with van der Waals surface area (Å²) in [5.74, 6) is 0.136. The molecule has 0 fully saturated rings. The van der Waals surface area contributed by atoms with Gasteiger partial charge in [-0.2, -0.15) is 4.99 Å². The summed E-state index contributed by atoms with van der Waals surface area (Å²) in [5, 5.41) is 0. The summed E-state index contributed by atoms with van der Waals surface area (Å²) in [6.07, 6.45) is 1.20. The predicted octanol–water partition coefficient (Wildman–Crippen LogP) is 0.626. The first kappa shape index (κ1) is 7.67. The number of benzene rings is 1. The van der Waals surface area contributed by atoms with Crippen molar-refractivity contribution in [3.63, 3.8) is 0 Å². The smallest absolute Gasteiger partial charge is 0.290 e. The normalized spacial score (nSPS) is 14.8.